The van der Waals surface area contributed by atoms with E-state index < -0.39 is 5.60 Å². The Morgan fingerprint density at radius 2 is 2.26 bits per heavy atom. The van der Waals surface area contributed by atoms with Crippen molar-refractivity contribution in [3.63, 3.8) is 0 Å². The molecule has 0 saturated heterocycles. The Kier molecular flexibility index (Phi) is 4.03. The molecular weight excluding hydrogens is 280 g/mol. The lowest BCUT2D eigenvalue weighted by atomic mass is 10.1. The first-order chi connectivity index (χ1) is 8.87. The standard InChI is InChI=1S/C13H16N2O2S2/c1-8-10(11(16)14-7-13(2,3)17)19-12(15-8)9-5-4-6-18-9/h4-6,17H,7H2,1-3H3,(H,14,16). The molecule has 0 spiro atoms. The zero-order chi connectivity index (χ0) is 14.0. The topological polar surface area (TPSA) is 62.2 Å². The molecule has 0 atom stereocenters. The van der Waals surface area contributed by atoms with Gasteiger partial charge in [0.2, 0.25) is 0 Å². The van der Waals surface area contributed by atoms with Crippen LogP contribution >= 0.6 is 22.7 Å². The van der Waals surface area contributed by atoms with E-state index in [1.165, 1.54) is 11.3 Å². The average molecular weight is 296 g/mol. The predicted octanol–water partition coefficient (Wildman–Crippen LogP) is 2.68. The lowest BCUT2D eigenvalue weighted by molar-refractivity contribution is 0.0696. The van der Waals surface area contributed by atoms with Gasteiger partial charge >= 0.3 is 0 Å². The van der Waals surface area contributed by atoms with Gasteiger partial charge in [-0.3, -0.25) is 4.79 Å². The van der Waals surface area contributed by atoms with Gasteiger partial charge in [-0.25, -0.2) is 4.98 Å². The third kappa shape index (κ3) is 3.62. The number of nitrogens with zero attached hydrogens (tertiary/aromatic N) is 1. The van der Waals surface area contributed by atoms with E-state index in [0.717, 1.165) is 15.6 Å². The van der Waals surface area contributed by atoms with Crippen molar-refractivity contribution in [2.75, 3.05) is 6.54 Å². The van der Waals surface area contributed by atoms with Crippen molar-refractivity contribution in [3.8, 4) is 9.88 Å². The van der Waals surface area contributed by atoms with E-state index in [9.17, 15) is 9.90 Å². The molecule has 0 aliphatic rings. The number of aliphatic hydroxyl groups is 1. The third-order valence-corrected chi connectivity index (χ3v) is 4.61. The van der Waals surface area contributed by atoms with Gasteiger partial charge in [0.25, 0.3) is 5.91 Å². The summed E-state index contributed by atoms with van der Waals surface area (Å²) in [5, 5.41) is 15.2. The fourth-order valence-corrected chi connectivity index (χ4v) is 3.27. The summed E-state index contributed by atoms with van der Waals surface area (Å²) >= 11 is 2.99. The average Bonchev–Trinajstić information content (AvgIpc) is 2.93. The summed E-state index contributed by atoms with van der Waals surface area (Å²) in [6.07, 6.45) is 0. The Morgan fingerprint density at radius 3 is 2.84 bits per heavy atom. The molecule has 0 radical (unpaired) electrons. The Balaban J connectivity index is 2.15. The van der Waals surface area contributed by atoms with Gasteiger partial charge in [0.15, 0.2) is 0 Å². The van der Waals surface area contributed by atoms with E-state index >= 15 is 0 Å². The van der Waals surface area contributed by atoms with E-state index in [0.29, 0.717) is 4.88 Å². The van der Waals surface area contributed by atoms with Crippen LogP contribution in [0.3, 0.4) is 0 Å². The highest BCUT2D eigenvalue weighted by Gasteiger charge is 2.19. The highest BCUT2D eigenvalue weighted by atomic mass is 32.1. The lowest BCUT2D eigenvalue weighted by Crippen LogP contribution is -2.38. The van der Waals surface area contributed by atoms with Crippen LogP contribution in [-0.2, 0) is 0 Å². The Labute approximate surface area is 120 Å². The van der Waals surface area contributed by atoms with Gasteiger partial charge in [-0.05, 0) is 32.2 Å². The number of carbonyl (C=O) groups is 1. The Bertz CT molecular complexity index is 568. The van der Waals surface area contributed by atoms with Gasteiger partial charge in [-0.2, -0.15) is 0 Å². The number of rotatable bonds is 4. The van der Waals surface area contributed by atoms with Crippen molar-refractivity contribution in [2.45, 2.75) is 26.4 Å². The molecule has 4 nitrogen and oxygen atoms in total. The van der Waals surface area contributed by atoms with Crippen LogP contribution in [0, 0.1) is 6.92 Å². The highest BCUT2D eigenvalue weighted by molar-refractivity contribution is 7.22. The number of hydrogen-bond acceptors (Lipinski definition) is 5. The van der Waals surface area contributed by atoms with Crippen LogP contribution in [0.1, 0.15) is 29.2 Å². The number of thiazole rings is 1. The zero-order valence-corrected chi connectivity index (χ0v) is 12.7. The number of hydrogen-bond donors (Lipinski definition) is 2. The van der Waals surface area contributed by atoms with E-state index in [1.807, 2.05) is 24.4 Å². The monoisotopic (exact) mass is 296 g/mol. The van der Waals surface area contributed by atoms with Gasteiger partial charge in [0, 0.05) is 6.54 Å². The molecular formula is C13H16N2O2S2. The fourth-order valence-electron chi connectivity index (χ4n) is 1.49. The van der Waals surface area contributed by atoms with Crippen LogP contribution in [-0.4, -0.2) is 28.1 Å². The van der Waals surface area contributed by atoms with Crippen LogP contribution in [0.5, 0.6) is 0 Å². The molecule has 0 unspecified atom stereocenters. The maximum Gasteiger partial charge on any atom is 0.263 e. The van der Waals surface area contributed by atoms with E-state index in [4.69, 9.17) is 0 Å². The van der Waals surface area contributed by atoms with Gasteiger partial charge < -0.3 is 10.4 Å². The van der Waals surface area contributed by atoms with E-state index in [-0.39, 0.29) is 12.5 Å². The molecule has 1 amide bonds. The van der Waals surface area contributed by atoms with Gasteiger partial charge in [0.1, 0.15) is 9.88 Å². The highest BCUT2D eigenvalue weighted by Crippen LogP contribution is 2.30. The summed E-state index contributed by atoms with van der Waals surface area (Å²) < 4.78 is 0. The minimum Gasteiger partial charge on any atom is -0.389 e. The summed E-state index contributed by atoms with van der Waals surface area (Å²) in [5.41, 5.74) is -0.188. The number of nitrogens with one attached hydrogen (secondary N) is 1. The summed E-state index contributed by atoms with van der Waals surface area (Å²) in [5.74, 6) is -0.181. The second kappa shape index (κ2) is 5.40. The molecule has 2 aromatic heterocycles. The molecule has 19 heavy (non-hydrogen) atoms. The number of aromatic nitrogens is 1. The van der Waals surface area contributed by atoms with Crippen molar-refractivity contribution in [2.24, 2.45) is 0 Å². The molecule has 2 rings (SSSR count). The summed E-state index contributed by atoms with van der Waals surface area (Å²) in [4.78, 5) is 18.1. The summed E-state index contributed by atoms with van der Waals surface area (Å²) in [6.45, 7) is 5.36. The van der Waals surface area contributed by atoms with Gasteiger partial charge in [-0.15, -0.1) is 22.7 Å². The largest absolute Gasteiger partial charge is 0.389 e. The van der Waals surface area contributed by atoms with Crippen molar-refractivity contribution in [1.82, 2.24) is 10.3 Å². The second-order valence-corrected chi connectivity index (χ2v) is 6.85. The Hall–Kier alpha value is -1.24. The van der Waals surface area contributed by atoms with Crippen LogP contribution in [0.2, 0.25) is 0 Å². The quantitative estimate of drug-likeness (QED) is 0.912. The van der Waals surface area contributed by atoms with Crippen molar-refractivity contribution < 1.29 is 9.90 Å². The third-order valence-electron chi connectivity index (χ3n) is 2.42. The summed E-state index contributed by atoms with van der Waals surface area (Å²) in [6, 6.07) is 3.95. The smallest absolute Gasteiger partial charge is 0.263 e. The van der Waals surface area contributed by atoms with Crippen LogP contribution in [0.4, 0.5) is 0 Å². The molecule has 2 aromatic rings. The normalized spacial score (nSPS) is 11.6. The Morgan fingerprint density at radius 1 is 1.53 bits per heavy atom. The van der Waals surface area contributed by atoms with Gasteiger partial charge in [-0.1, -0.05) is 6.07 Å². The predicted molar refractivity (Wildman–Crippen MR) is 78.8 cm³/mol. The molecule has 102 valence electrons. The number of aryl methyl sites for hydroxylation is 1. The number of thiophene rings is 1. The molecule has 0 saturated carbocycles. The molecule has 6 heteroatoms. The second-order valence-electron chi connectivity index (χ2n) is 4.91. The minimum atomic E-state index is -0.912. The molecule has 2 heterocycles. The first kappa shape index (κ1) is 14.2. The molecule has 0 bridgehead atoms. The maximum absolute atomic E-state index is 12.0. The minimum absolute atomic E-state index is 0.181. The van der Waals surface area contributed by atoms with Crippen LogP contribution < -0.4 is 5.32 Å². The van der Waals surface area contributed by atoms with Crippen LogP contribution in [0.15, 0.2) is 17.5 Å². The van der Waals surface area contributed by atoms with Crippen molar-refractivity contribution in [3.05, 3.63) is 28.1 Å². The van der Waals surface area contributed by atoms with Gasteiger partial charge in [0.05, 0.1) is 16.2 Å². The summed E-state index contributed by atoms with van der Waals surface area (Å²) in [7, 11) is 0. The molecule has 0 aliphatic carbocycles. The maximum atomic E-state index is 12.0. The zero-order valence-electron chi connectivity index (χ0n) is 11.1. The number of carbonyl (C=O) groups excluding carboxylic acids is 1. The first-order valence-corrected chi connectivity index (χ1v) is 7.58. The van der Waals surface area contributed by atoms with Crippen molar-refractivity contribution >= 4 is 28.6 Å². The molecule has 0 aliphatic heterocycles. The molecule has 0 fully saturated rings. The lowest BCUT2D eigenvalue weighted by Gasteiger charge is -2.17. The van der Waals surface area contributed by atoms with E-state index in [2.05, 4.69) is 10.3 Å². The van der Waals surface area contributed by atoms with Crippen molar-refractivity contribution in [1.29, 1.82) is 0 Å². The fraction of sp³-hybridized carbons (Fsp3) is 0.385. The number of amides is 1. The molecule has 0 aromatic carbocycles. The first-order valence-electron chi connectivity index (χ1n) is 5.89. The molecule has 2 N–H and O–H groups in total. The van der Waals surface area contributed by atoms with E-state index in [1.54, 1.807) is 25.2 Å². The SMILES string of the molecule is Cc1nc(-c2cccs2)sc1C(=O)NCC(C)(C)O. The van der Waals surface area contributed by atoms with Crippen LogP contribution in [0.25, 0.3) is 9.88 Å².